The van der Waals surface area contributed by atoms with Gasteiger partial charge in [-0.3, -0.25) is 0 Å². The molecule has 1 heterocycles. The summed E-state index contributed by atoms with van der Waals surface area (Å²) in [6.07, 6.45) is 4.21. The lowest BCUT2D eigenvalue weighted by Gasteiger charge is -2.17. The Bertz CT molecular complexity index is 292. The van der Waals surface area contributed by atoms with Gasteiger partial charge >= 0.3 is 0 Å². The average molecular weight is 209 g/mol. The molecule has 1 aromatic heterocycles. The van der Waals surface area contributed by atoms with Crippen LogP contribution < -0.4 is 5.32 Å². The second-order valence-corrected chi connectivity index (χ2v) is 5.62. The first kappa shape index (κ1) is 10.2. The molecule has 0 aliphatic heterocycles. The summed E-state index contributed by atoms with van der Waals surface area (Å²) in [5.41, 5.74) is 0. The van der Waals surface area contributed by atoms with E-state index in [-0.39, 0.29) is 0 Å². The first-order chi connectivity index (χ1) is 6.81. The molecule has 1 saturated carbocycles. The largest absolute Gasteiger partial charge is 0.319 e. The van der Waals surface area contributed by atoms with E-state index in [0.29, 0.717) is 0 Å². The SMILES string of the molecule is CNCC1CCCC1c1ccc(C)s1. The third-order valence-electron chi connectivity index (χ3n) is 3.25. The monoisotopic (exact) mass is 209 g/mol. The normalized spacial score (nSPS) is 27.0. The molecule has 0 saturated heterocycles. The van der Waals surface area contributed by atoms with Crippen molar-refractivity contribution in [1.29, 1.82) is 0 Å². The summed E-state index contributed by atoms with van der Waals surface area (Å²) in [5, 5.41) is 3.32. The van der Waals surface area contributed by atoms with Crippen LogP contribution in [0.5, 0.6) is 0 Å². The lowest BCUT2D eigenvalue weighted by molar-refractivity contribution is 0.467. The molecule has 1 nitrogen and oxygen atoms in total. The van der Waals surface area contributed by atoms with Gasteiger partial charge in [0.15, 0.2) is 0 Å². The van der Waals surface area contributed by atoms with Gasteiger partial charge in [-0.25, -0.2) is 0 Å². The van der Waals surface area contributed by atoms with E-state index in [1.54, 1.807) is 4.88 Å². The Kier molecular flexibility index (Phi) is 3.24. The van der Waals surface area contributed by atoms with Crippen LogP contribution in [0.15, 0.2) is 12.1 Å². The van der Waals surface area contributed by atoms with Crippen LogP contribution in [0.1, 0.15) is 34.9 Å². The Morgan fingerprint density at radius 2 is 2.29 bits per heavy atom. The minimum Gasteiger partial charge on any atom is -0.319 e. The standard InChI is InChI=1S/C12H19NS/c1-9-6-7-12(14-9)11-5-3-4-10(11)8-13-2/h6-7,10-11,13H,3-5,8H2,1-2H3. The highest BCUT2D eigenvalue weighted by Gasteiger charge is 2.28. The van der Waals surface area contributed by atoms with Crippen LogP contribution in [0.25, 0.3) is 0 Å². The van der Waals surface area contributed by atoms with Crippen LogP contribution >= 0.6 is 11.3 Å². The Labute approximate surface area is 90.5 Å². The molecule has 1 aliphatic carbocycles. The highest BCUT2D eigenvalue weighted by atomic mass is 32.1. The van der Waals surface area contributed by atoms with Crippen molar-refractivity contribution in [2.75, 3.05) is 13.6 Å². The van der Waals surface area contributed by atoms with Crippen molar-refractivity contribution >= 4 is 11.3 Å². The van der Waals surface area contributed by atoms with Gasteiger partial charge in [-0.2, -0.15) is 0 Å². The van der Waals surface area contributed by atoms with Crippen LogP contribution in [0.2, 0.25) is 0 Å². The Morgan fingerprint density at radius 3 is 2.93 bits per heavy atom. The molecule has 0 bridgehead atoms. The van der Waals surface area contributed by atoms with Crippen LogP contribution in [-0.4, -0.2) is 13.6 Å². The third kappa shape index (κ3) is 2.01. The molecular formula is C12H19NS. The fourth-order valence-corrected chi connectivity index (χ4v) is 3.68. The summed E-state index contributed by atoms with van der Waals surface area (Å²) in [6.45, 7) is 3.39. The highest BCUT2D eigenvalue weighted by Crippen LogP contribution is 2.41. The first-order valence-electron chi connectivity index (χ1n) is 5.52. The fourth-order valence-electron chi connectivity index (χ4n) is 2.57. The first-order valence-corrected chi connectivity index (χ1v) is 6.34. The lowest BCUT2D eigenvalue weighted by atomic mass is 9.94. The number of rotatable bonds is 3. The van der Waals surface area contributed by atoms with Gasteiger partial charge in [-0.05, 0) is 57.3 Å². The molecule has 78 valence electrons. The van der Waals surface area contributed by atoms with Crippen molar-refractivity contribution in [2.45, 2.75) is 32.1 Å². The van der Waals surface area contributed by atoms with Crippen molar-refractivity contribution in [3.05, 3.63) is 21.9 Å². The fraction of sp³-hybridized carbons (Fsp3) is 0.667. The summed E-state index contributed by atoms with van der Waals surface area (Å²) in [4.78, 5) is 3.07. The minimum absolute atomic E-state index is 0.834. The van der Waals surface area contributed by atoms with Crippen LogP contribution in [0.4, 0.5) is 0 Å². The Balaban J connectivity index is 2.09. The molecule has 2 unspecified atom stereocenters. The Hall–Kier alpha value is -0.340. The zero-order valence-corrected chi connectivity index (χ0v) is 9.86. The van der Waals surface area contributed by atoms with Crippen molar-refractivity contribution in [3.8, 4) is 0 Å². The maximum Gasteiger partial charge on any atom is 0.00822 e. The van der Waals surface area contributed by atoms with Gasteiger partial charge in [0.25, 0.3) is 0 Å². The molecule has 2 heteroatoms. The van der Waals surface area contributed by atoms with E-state index in [2.05, 4.69) is 31.4 Å². The maximum absolute atomic E-state index is 3.32. The van der Waals surface area contributed by atoms with Gasteiger partial charge in [0.1, 0.15) is 0 Å². The number of aryl methyl sites for hydroxylation is 1. The zero-order chi connectivity index (χ0) is 9.97. The second kappa shape index (κ2) is 4.45. The Morgan fingerprint density at radius 1 is 1.43 bits per heavy atom. The number of thiophene rings is 1. The van der Waals surface area contributed by atoms with Crippen molar-refractivity contribution in [3.63, 3.8) is 0 Å². The maximum atomic E-state index is 3.32. The minimum atomic E-state index is 0.834. The molecule has 0 amide bonds. The zero-order valence-electron chi connectivity index (χ0n) is 9.05. The third-order valence-corrected chi connectivity index (χ3v) is 4.38. The molecule has 14 heavy (non-hydrogen) atoms. The summed E-state index contributed by atoms with van der Waals surface area (Å²) in [6, 6.07) is 4.59. The van der Waals surface area contributed by atoms with Gasteiger partial charge in [-0.1, -0.05) is 6.42 Å². The van der Waals surface area contributed by atoms with Gasteiger partial charge in [-0.15, -0.1) is 11.3 Å². The molecular weight excluding hydrogens is 190 g/mol. The van der Waals surface area contributed by atoms with Crippen molar-refractivity contribution in [1.82, 2.24) is 5.32 Å². The van der Waals surface area contributed by atoms with Crippen molar-refractivity contribution in [2.24, 2.45) is 5.92 Å². The van der Waals surface area contributed by atoms with E-state index in [0.717, 1.165) is 11.8 Å². The quantitative estimate of drug-likeness (QED) is 0.806. The molecule has 1 aliphatic rings. The topological polar surface area (TPSA) is 12.0 Å². The van der Waals surface area contributed by atoms with E-state index in [4.69, 9.17) is 0 Å². The van der Waals surface area contributed by atoms with Crippen molar-refractivity contribution < 1.29 is 0 Å². The summed E-state index contributed by atoms with van der Waals surface area (Å²) >= 11 is 1.99. The van der Waals surface area contributed by atoms with Gasteiger partial charge in [0.2, 0.25) is 0 Å². The van der Waals surface area contributed by atoms with Crippen LogP contribution in [0.3, 0.4) is 0 Å². The van der Waals surface area contributed by atoms with Crippen LogP contribution in [-0.2, 0) is 0 Å². The van der Waals surface area contributed by atoms with Gasteiger partial charge < -0.3 is 5.32 Å². The summed E-state index contributed by atoms with van der Waals surface area (Å²) < 4.78 is 0. The van der Waals surface area contributed by atoms with E-state index >= 15 is 0 Å². The van der Waals surface area contributed by atoms with E-state index in [9.17, 15) is 0 Å². The molecule has 1 fully saturated rings. The molecule has 2 rings (SSSR count). The van der Waals surface area contributed by atoms with E-state index in [1.807, 2.05) is 11.3 Å². The summed E-state index contributed by atoms with van der Waals surface area (Å²) in [5.74, 6) is 1.71. The second-order valence-electron chi connectivity index (χ2n) is 4.30. The molecule has 0 spiro atoms. The average Bonchev–Trinajstić information content (AvgIpc) is 2.74. The molecule has 2 atom stereocenters. The van der Waals surface area contributed by atoms with E-state index < -0.39 is 0 Å². The molecule has 1 aromatic rings. The van der Waals surface area contributed by atoms with Gasteiger partial charge in [0.05, 0.1) is 0 Å². The van der Waals surface area contributed by atoms with E-state index in [1.165, 1.54) is 30.7 Å². The smallest absolute Gasteiger partial charge is 0.00822 e. The molecule has 0 radical (unpaired) electrons. The molecule has 1 N–H and O–H groups in total. The lowest BCUT2D eigenvalue weighted by Crippen LogP contribution is -2.20. The molecule has 0 aromatic carbocycles. The van der Waals surface area contributed by atoms with Gasteiger partial charge in [0, 0.05) is 9.75 Å². The summed E-state index contributed by atoms with van der Waals surface area (Å²) in [7, 11) is 2.06. The number of nitrogens with one attached hydrogen (secondary N) is 1. The van der Waals surface area contributed by atoms with Crippen LogP contribution in [0, 0.1) is 12.8 Å². The number of hydrogen-bond donors (Lipinski definition) is 1. The highest BCUT2D eigenvalue weighted by molar-refractivity contribution is 7.12. The predicted molar refractivity (Wildman–Crippen MR) is 63.1 cm³/mol. The number of hydrogen-bond acceptors (Lipinski definition) is 2. The predicted octanol–water partition coefficient (Wildman–Crippen LogP) is 3.16.